The van der Waals surface area contributed by atoms with Crippen LogP contribution in [0.5, 0.6) is 0 Å². The maximum absolute atomic E-state index is 12.0. The first-order valence-corrected chi connectivity index (χ1v) is 7.98. The van der Waals surface area contributed by atoms with Gasteiger partial charge in [0.25, 0.3) is 0 Å². The van der Waals surface area contributed by atoms with Crippen molar-refractivity contribution in [2.24, 2.45) is 5.92 Å². The fourth-order valence-corrected chi connectivity index (χ4v) is 3.50. The van der Waals surface area contributed by atoms with E-state index in [1.54, 1.807) is 12.4 Å². The number of hydrogen-bond donors (Lipinski definition) is 2. The first kappa shape index (κ1) is 14.6. The average molecular weight is 319 g/mol. The number of fused-ring (bicyclic) bond motifs is 2. The van der Waals surface area contributed by atoms with Gasteiger partial charge in [-0.3, -0.25) is 0 Å². The third kappa shape index (κ3) is 2.38. The van der Waals surface area contributed by atoms with Crippen LogP contribution in [0.15, 0.2) is 36.7 Å². The smallest absolute Gasteiger partial charge is 0.336 e. The Morgan fingerprint density at radius 2 is 2.17 bits per heavy atom. The molecule has 0 spiro atoms. The minimum atomic E-state index is -0.892. The van der Waals surface area contributed by atoms with E-state index in [-0.39, 0.29) is 0 Å². The molecule has 0 amide bonds. The molecular formula is C19H17N3O2. The molecule has 1 aliphatic rings. The van der Waals surface area contributed by atoms with E-state index in [2.05, 4.69) is 16.9 Å². The van der Waals surface area contributed by atoms with Crippen LogP contribution in [0.4, 0.5) is 0 Å². The molecule has 2 N–H and O–H groups in total. The van der Waals surface area contributed by atoms with Crippen LogP contribution in [0.1, 0.15) is 40.8 Å². The van der Waals surface area contributed by atoms with E-state index in [9.17, 15) is 9.90 Å². The zero-order valence-electron chi connectivity index (χ0n) is 13.3. The molecule has 1 aromatic carbocycles. The molecule has 0 aliphatic heterocycles. The lowest BCUT2D eigenvalue weighted by molar-refractivity contribution is 0.0697. The second kappa shape index (κ2) is 5.60. The lowest BCUT2D eigenvalue weighted by Crippen LogP contribution is -2.17. The SMILES string of the molecule is CC1C/C(=C/c2ncc[nH]2)c2nc3ccccc3c(C(=O)O)c2C1. The van der Waals surface area contributed by atoms with Crippen molar-refractivity contribution in [3.63, 3.8) is 0 Å². The molecule has 3 aromatic rings. The quantitative estimate of drug-likeness (QED) is 0.753. The van der Waals surface area contributed by atoms with Gasteiger partial charge in [0.15, 0.2) is 0 Å². The molecule has 4 rings (SSSR count). The summed E-state index contributed by atoms with van der Waals surface area (Å²) in [6, 6.07) is 7.44. The number of H-pyrrole nitrogens is 1. The van der Waals surface area contributed by atoms with Crippen molar-refractivity contribution in [3.8, 4) is 0 Å². The Morgan fingerprint density at radius 3 is 2.92 bits per heavy atom. The highest BCUT2D eigenvalue weighted by atomic mass is 16.4. The number of para-hydroxylation sites is 1. The van der Waals surface area contributed by atoms with Crippen molar-refractivity contribution < 1.29 is 9.90 Å². The number of rotatable bonds is 2. The molecule has 120 valence electrons. The highest BCUT2D eigenvalue weighted by Crippen LogP contribution is 2.38. The van der Waals surface area contributed by atoms with Crippen molar-refractivity contribution in [3.05, 3.63) is 59.3 Å². The average Bonchev–Trinajstić information content (AvgIpc) is 3.05. The van der Waals surface area contributed by atoms with Gasteiger partial charge in [0, 0.05) is 17.8 Å². The predicted molar refractivity (Wildman–Crippen MR) is 92.6 cm³/mol. The number of carboxylic acids is 1. The number of carbonyl (C=O) groups is 1. The van der Waals surface area contributed by atoms with Gasteiger partial charge in [-0.05, 0) is 42.0 Å². The Bertz CT molecular complexity index is 958. The number of nitrogens with zero attached hydrogens (tertiary/aromatic N) is 2. The molecule has 0 radical (unpaired) electrons. The van der Waals surface area contributed by atoms with Gasteiger partial charge in [0.1, 0.15) is 5.82 Å². The van der Waals surface area contributed by atoms with Gasteiger partial charge < -0.3 is 10.1 Å². The number of benzene rings is 1. The minimum Gasteiger partial charge on any atom is -0.478 e. The lowest BCUT2D eigenvalue weighted by Gasteiger charge is -2.25. The van der Waals surface area contributed by atoms with Gasteiger partial charge >= 0.3 is 5.97 Å². The molecule has 24 heavy (non-hydrogen) atoms. The molecule has 0 saturated carbocycles. The molecular weight excluding hydrogens is 302 g/mol. The van der Waals surface area contributed by atoms with E-state index < -0.39 is 5.97 Å². The number of aromatic amines is 1. The second-order valence-electron chi connectivity index (χ2n) is 6.29. The fourth-order valence-electron chi connectivity index (χ4n) is 3.50. The summed E-state index contributed by atoms with van der Waals surface area (Å²) in [5.74, 6) is 0.230. The summed E-state index contributed by atoms with van der Waals surface area (Å²) in [5.41, 5.74) is 3.76. The Hall–Kier alpha value is -2.95. The number of carboxylic acid groups (broad SMARTS) is 1. The summed E-state index contributed by atoms with van der Waals surface area (Å²) < 4.78 is 0. The number of aromatic nitrogens is 3. The fraction of sp³-hybridized carbons (Fsp3) is 0.211. The van der Waals surface area contributed by atoms with E-state index >= 15 is 0 Å². The van der Waals surface area contributed by atoms with Crippen LogP contribution in [0, 0.1) is 5.92 Å². The predicted octanol–water partition coefficient (Wildman–Crippen LogP) is 3.78. The number of pyridine rings is 1. The topological polar surface area (TPSA) is 78.9 Å². The summed E-state index contributed by atoms with van der Waals surface area (Å²) in [5, 5.41) is 10.5. The number of nitrogens with one attached hydrogen (secondary N) is 1. The van der Waals surface area contributed by atoms with Crippen LogP contribution in [-0.4, -0.2) is 26.0 Å². The number of allylic oxidation sites excluding steroid dienone is 1. The van der Waals surface area contributed by atoms with E-state index in [0.29, 0.717) is 22.4 Å². The molecule has 0 bridgehead atoms. The molecule has 5 nitrogen and oxygen atoms in total. The summed E-state index contributed by atoms with van der Waals surface area (Å²) in [7, 11) is 0. The molecule has 5 heteroatoms. The Balaban J connectivity index is 2.02. The maximum Gasteiger partial charge on any atom is 0.336 e. The van der Waals surface area contributed by atoms with Crippen LogP contribution in [0.3, 0.4) is 0 Å². The zero-order chi connectivity index (χ0) is 16.7. The summed E-state index contributed by atoms with van der Waals surface area (Å²) in [4.78, 5) is 24.1. The van der Waals surface area contributed by atoms with Crippen molar-refractivity contribution in [1.82, 2.24) is 15.0 Å². The van der Waals surface area contributed by atoms with Gasteiger partial charge in [-0.2, -0.15) is 0 Å². The van der Waals surface area contributed by atoms with Crippen molar-refractivity contribution in [2.75, 3.05) is 0 Å². The van der Waals surface area contributed by atoms with Crippen LogP contribution < -0.4 is 0 Å². The van der Waals surface area contributed by atoms with Gasteiger partial charge in [-0.15, -0.1) is 0 Å². The summed E-state index contributed by atoms with van der Waals surface area (Å²) in [6.45, 7) is 2.14. The van der Waals surface area contributed by atoms with E-state index in [1.165, 1.54) is 0 Å². The highest BCUT2D eigenvalue weighted by molar-refractivity contribution is 6.05. The number of imidazole rings is 1. The van der Waals surface area contributed by atoms with Gasteiger partial charge in [0.05, 0.1) is 16.8 Å². The van der Waals surface area contributed by atoms with Gasteiger partial charge in [0.2, 0.25) is 0 Å². The Kier molecular flexibility index (Phi) is 3.41. The lowest BCUT2D eigenvalue weighted by atomic mass is 9.81. The molecule has 1 atom stereocenters. The first-order valence-electron chi connectivity index (χ1n) is 7.98. The standard InChI is InChI=1S/C19H17N3O2/c1-11-8-12(10-16-20-6-7-21-16)18-14(9-11)17(19(23)24)13-4-2-3-5-15(13)22-18/h2-7,10-11H,8-9H2,1H3,(H,20,21)(H,23,24)/b12-10-. The van der Waals surface area contributed by atoms with E-state index in [4.69, 9.17) is 4.98 Å². The van der Waals surface area contributed by atoms with E-state index in [1.807, 2.05) is 30.3 Å². The highest BCUT2D eigenvalue weighted by Gasteiger charge is 2.27. The summed E-state index contributed by atoms with van der Waals surface area (Å²) in [6.07, 6.45) is 7.04. The largest absolute Gasteiger partial charge is 0.478 e. The van der Waals surface area contributed by atoms with E-state index in [0.717, 1.165) is 35.5 Å². The monoisotopic (exact) mass is 319 g/mol. The van der Waals surface area contributed by atoms with Crippen LogP contribution >= 0.6 is 0 Å². The third-order valence-corrected chi connectivity index (χ3v) is 4.46. The Labute approximate surface area is 139 Å². The molecule has 1 unspecified atom stereocenters. The third-order valence-electron chi connectivity index (χ3n) is 4.46. The van der Waals surface area contributed by atoms with Gasteiger partial charge in [-0.1, -0.05) is 25.1 Å². The van der Waals surface area contributed by atoms with Crippen molar-refractivity contribution >= 4 is 28.5 Å². The minimum absolute atomic E-state index is 0.361. The molecule has 0 saturated heterocycles. The summed E-state index contributed by atoms with van der Waals surface area (Å²) >= 11 is 0. The normalized spacial score (nSPS) is 18.7. The van der Waals surface area contributed by atoms with Crippen molar-refractivity contribution in [1.29, 1.82) is 0 Å². The second-order valence-corrected chi connectivity index (χ2v) is 6.29. The molecule has 0 fully saturated rings. The van der Waals surface area contributed by atoms with Crippen LogP contribution in [0.2, 0.25) is 0 Å². The maximum atomic E-state index is 12.0. The zero-order valence-corrected chi connectivity index (χ0v) is 13.3. The molecule has 1 aliphatic carbocycles. The van der Waals surface area contributed by atoms with Crippen LogP contribution in [-0.2, 0) is 6.42 Å². The van der Waals surface area contributed by atoms with Crippen molar-refractivity contribution in [2.45, 2.75) is 19.8 Å². The molecule has 2 aromatic heterocycles. The number of hydrogen-bond acceptors (Lipinski definition) is 3. The Morgan fingerprint density at radius 1 is 1.33 bits per heavy atom. The molecule has 2 heterocycles. The first-order chi connectivity index (χ1) is 11.6. The van der Waals surface area contributed by atoms with Crippen LogP contribution in [0.25, 0.3) is 22.6 Å². The number of aromatic carboxylic acids is 1. The van der Waals surface area contributed by atoms with Gasteiger partial charge in [-0.25, -0.2) is 14.8 Å².